The van der Waals surface area contributed by atoms with Crippen LogP contribution in [0.15, 0.2) is 23.1 Å². The van der Waals surface area contributed by atoms with Gasteiger partial charge in [0.1, 0.15) is 0 Å². The Bertz CT molecular complexity index is 577. The molecule has 0 aliphatic rings. The highest BCUT2D eigenvalue weighted by Gasteiger charge is 2.05. The van der Waals surface area contributed by atoms with Crippen molar-refractivity contribution >= 4 is 23.4 Å². The molecule has 0 amide bonds. The summed E-state index contributed by atoms with van der Waals surface area (Å²) in [6.07, 6.45) is 2.47. The molecule has 0 aliphatic carbocycles. The number of pyridine rings is 2. The first-order chi connectivity index (χ1) is 7.61. The number of halogens is 1. The number of H-pyrrole nitrogens is 1. The van der Waals surface area contributed by atoms with Gasteiger partial charge in [0.15, 0.2) is 0 Å². The zero-order valence-corrected chi connectivity index (χ0v) is 10.7. The lowest BCUT2D eigenvalue weighted by Gasteiger charge is -2.06. The Morgan fingerprint density at radius 3 is 2.76 bits per heavy atom. The van der Waals surface area contributed by atoms with Crippen molar-refractivity contribution in [2.24, 2.45) is 5.73 Å². The zero-order chi connectivity index (χ0) is 11.7. The number of nitrogens with two attached hydrogens (primary N) is 1. The number of hydrogen-bond donors (Lipinski definition) is 2. The summed E-state index contributed by atoms with van der Waals surface area (Å²) in [4.78, 5) is 18.8. The summed E-state index contributed by atoms with van der Waals surface area (Å²) < 4.78 is 0. The molecule has 0 saturated carbocycles. The van der Waals surface area contributed by atoms with Crippen LogP contribution in [0.3, 0.4) is 0 Å². The van der Waals surface area contributed by atoms with Gasteiger partial charge in [-0.2, -0.15) is 0 Å². The van der Waals surface area contributed by atoms with Crippen LogP contribution in [0, 0.1) is 0 Å². The van der Waals surface area contributed by atoms with Gasteiger partial charge in [-0.25, -0.2) is 0 Å². The summed E-state index contributed by atoms with van der Waals surface area (Å²) in [6.45, 7) is 3.84. The number of hydrogen-bond acceptors (Lipinski definition) is 3. The molecule has 92 valence electrons. The lowest BCUT2D eigenvalue weighted by molar-refractivity contribution is 0.814. The van der Waals surface area contributed by atoms with E-state index in [1.807, 2.05) is 26.0 Å². The molecule has 3 N–H and O–H groups in total. The Morgan fingerprint density at radius 2 is 2.18 bits per heavy atom. The van der Waals surface area contributed by atoms with E-state index < -0.39 is 0 Å². The second-order valence-electron chi connectivity index (χ2n) is 3.97. The third kappa shape index (κ3) is 2.65. The van der Waals surface area contributed by atoms with Gasteiger partial charge in [0.05, 0.1) is 11.0 Å². The molecule has 2 aromatic rings. The first kappa shape index (κ1) is 13.7. The third-order valence-corrected chi connectivity index (χ3v) is 2.70. The fraction of sp³-hybridized carbons (Fsp3) is 0.333. The van der Waals surface area contributed by atoms with E-state index in [2.05, 4.69) is 9.97 Å². The van der Waals surface area contributed by atoms with Crippen molar-refractivity contribution in [2.75, 3.05) is 0 Å². The molecular formula is C12H16ClN3O. The maximum Gasteiger partial charge on any atom is 0.251 e. The Kier molecular flexibility index (Phi) is 4.26. The Morgan fingerprint density at radius 1 is 1.47 bits per heavy atom. The molecule has 0 fully saturated rings. The van der Waals surface area contributed by atoms with Gasteiger partial charge in [0, 0.05) is 17.8 Å². The smallest absolute Gasteiger partial charge is 0.251 e. The molecule has 17 heavy (non-hydrogen) atoms. The number of rotatable bonds is 2. The number of aryl methyl sites for hydroxylation is 1. The molecule has 1 atom stereocenters. The lowest BCUT2D eigenvalue weighted by atomic mass is 10.1. The van der Waals surface area contributed by atoms with Crippen LogP contribution in [0.25, 0.3) is 11.0 Å². The van der Waals surface area contributed by atoms with Crippen molar-refractivity contribution in [1.82, 2.24) is 9.97 Å². The highest BCUT2D eigenvalue weighted by atomic mass is 35.5. The van der Waals surface area contributed by atoms with Crippen LogP contribution in [-0.4, -0.2) is 9.97 Å². The van der Waals surface area contributed by atoms with Crippen LogP contribution < -0.4 is 11.3 Å². The number of aromatic nitrogens is 2. The fourth-order valence-electron chi connectivity index (χ4n) is 1.65. The largest absolute Gasteiger partial charge is 0.324 e. The maximum absolute atomic E-state index is 11.6. The molecule has 2 rings (SSSR count). The van der Waals surface area contributed by atoms with Crippen molar-refractivity contribution in [2.45, 2.75) is 26.3 Å². The molecule has 2 aromatic heterocycles. The Labute approximate surface area is 106 Å². The third-order valence-electron chi connectivity index (χ3n) is 2.70. The molecule has 0 aliphatic heterocycles. The van der Waals surface area contributed by atoms with Gasteiger partial charge >= 0.3 is 0 Å². The normalized spacial score (nSPS) is 12.2. The molecule has 0 unspecified atom stereocenters. The van der Waals surface area contributed by atoms with Crippen LogP contribution in [-0.2, 0) is 6.42 Å². The minimum Gasteiger partial charge on any atom is -0.324 e. The van der Waals surface area contributed by atoms with Gasteiger partial charge in [-0.05, 0) is 31.0 Å². The predicted octanol–water partition coefficient (Wildman–Crippen LogP) is 1.93. The topological polar surface area (TPSA) is 71.8 Å². The van der Waals surface area contributed by atoms with E-state index in [1.54, 1.807) is 6.20 Å². The van der Waals surface area contributed by atoms with Gasteiger partial charge in [0.2, 0.25) is 0 Å². The summed E-state index contributed by atoms with van der Waals surface area (Å²) in [7, 11) is 0. The minimum absolute atomic E-state index is 0. The highest BCUT2D eigenvalue weighted by molar-refractivity contribution is 5.85. The van der Waals surface area contributed by atoms with Gasteiger partial charge in [-0.15, -0.1) is 12.4 Å². The highest BCUT2D eigenvalue weighted by Crippen LogP contribution is 2.14. The molecule has 0 bridgehead atoms. The number of aromatic amines is 1. The van der Waals surface area contributed by atoms with Crippen molar-refractivity contribution in [3.63, 3.8) is 0 Å². The number of nitrogens with one attached hydrogen (secondary N) is 1. The second-order valence-corrected chi connectivity index (χ2v) is 3.97. The van der Waals surface area contributed by atoms with Crippen LogP contribution in [0.1, 0.15) is 31.0 Å². The summed E-state index contributed by atoms with van der Waals surface area (Å²) in [6, 6.07) is 3.64. The first-order valence-electron chi connectivity index (χ1n) is 5.39. The molecule has 0 spiro atoms. The molecule has 0 radical (unpaired) electrons. The predicted molar refractivity (Wildman–Crippen MR) is 71.6 cm³/mol. The van der Waals surface area contributed by atoms with E-state index in [9.17, 15) is 4.79 Å². The summed E-state index contributed by atoms with van der Waals surface area (Å²) in [5, 5.41) is 0. The number of nitrogens with zero attached hydrogens (tertiary/aromatic N) is 1. The molecule has 5 heteroatoms. The minimum atomic E-state index is -0.0775. The quantitative estimate of drug-likeness (QED) is 0.859. The Hall–Kier alpha value is -1.39. The van der Waals surface area contributed by atoms with Gasteiger partial charge in [0.25, 0.3) is 5.56 Å². The van der Waals surface area contributed by atoms with Gasteiger partial charge in [-0.1, -0.05) is 6.92 Å². The molecular weight excluding hydrogens is 238 g/mol. The standard InChI is InChI=1S/C12H15N3O.ClH/c1-3-8-4-10-11(15-12(8)16)5-9(6-14-10)7(2)13;/h4-7H,3,13H2,1-2H3,(H,15,16);1H/t7-;/m0./s1. The molecule has 0 aromatic carbocycles. The average molecular weight is 254 g/mol. The van der Waals surface area contributed by atoms with Crippen LogP contribution in [0.2, 0.25) is 0 Å². The number of fused-ring (bicyclic) bond motifs is 1. The van der Waals surface area contributed by atoms with E-state index in [-0.39, 0.29) is 24.0 Å². The first-order valence-corrected chi connectivity index (χ1v) is 5.39. The van der Waals surface area contributed by atoms with E-state index in [0.717, 1.165) is 22.2 Å². The molecule has 2 heterocycles. The fourth-order valence-corrected chi connectivity index (χ4v) is 1.65. The van der Waals surface area contributed by atoms with Crippen molar-refractivity contribution in [1.29, 1.82) is 0 Å². The van der Waals surface area contributed by atoms with Crippen molar-refractivity contribution in [3.05, 3.63) is 39.8 Å². The van der Waals surface area contributed by atoms with Gasteiger partial charge in [-0.3, -0.25) is 9.78 Å². The monoisotopic (exact) mass is 253 g/mol. The SMILES string of the molecule is CCc1cc2ncc([C@H](C)N)cc2[nH]c1=O.Cl. The van der Waals surface area contributed by atoms with Gasteiger partial charge < -0.3 is 10.7 Å². The van der Waals surface area contributed by atoms with Crippen LogP contribution >= 0.6 is 12.4 Å². The van der Waals surface area contributed by atoms with Crippen molar-refractivity contribution < 1.29 is 0 Å². The summed E-state index contributed by atoms with van der Waals surface area (Å²) in [5.74, 6) is 0. The average Bonchev–Trinajstić information content (AvgIpc) is 2.27. The zero-order valence-electron chi connectivity index (χ0n) is 9.86. The van der Waals surface area contributed by atoms with E-state index in [1.165, 1.54) is 0 Å². The Balaban J connectivity index is 0.00000144. The summed E-state index contributed by atoms with van der Waals surface area (Å²) >= 11 is 0. The van der Waals surface area contributed by atoms with Crippen molar-refractivity contribution in [3.8, 4) is 0 Å². The maximum atomic E-state index is 11.6. The van der Waals surface area contributed by atoms with E-state index in [4.69, 9.17) is 5.73 Å². The van der Waals surface area contributed by atoms with Crippen LogP contribution in [0.4, 0.5) is 0 Å². The lowest BCUT2D eigenvalue weighted by Crippen LogP contribution is -2.12. The molecule has 0 saturated heterocycles. The van der Waals surface area contributed by atoms with Crippen LogP contribution in [0.5, 0.6) is 0 Å². The van der Waals surface area contributed by atoms with E-state index >= 15 is 0 Å². The van der Waals surface area contributed by atoms with E-state index in [0.29, 0.717) is 6.42 Å². The summed E-state index contributed by atoms with van der Waals surface area (Å²) in [5.41, 5.74) is 8.96. The molecule has 4 nitrogen and oxygen atoms in total. The second kappa shape index (κ2) is 5.29.